The Morgan fingerprint density at radius 2 is 2.00 bits per heavy atom. The highest BCUT2D eigenvalue weighted by Gasteiger charge is 2.63. The van der Waals surface area contributed by atoms with Crippen LogP contribution in [0.4, 0.5) is 5.69 Å². The van der Waals surface area contributed by atoms with E-state index < -0.39 is 23.3 Å². The molecular weight excluding hydrogens is 284 g/mol. The third-order valence-electron chi connectivity index (χ3n) is 4.45. The van der Waals surface area contributed by atoms with Crippen LogP contribution in [-0.4, -0.2) is 36.5 Å². The number of benzene rings is 1. The molecule has 22 heavy (non-hydrogen) atoms. The average Bonchev–Trinajstić information content (AvgIpc) is 2.99. The molecule has 0 aliphatic carbocycles. The van der Waals surface area contributed by atoms with Gasteiger partial charge in [0, 0.05) is 6.54 Å². The molecule has 0 spiro atoms. The summed E-state index contributed by atoms with van der Waals surface area (Å²) < 4.78 is 5.08. The third kappa shape index (κ3) is 1.94. The summed E-state index contributed by atoms with van der Waals surface area (Å²) in [6.07, 6.45) is 0. The lowest BCUT2D eigenvalue weighted by molar-refractivity contribution is -0.153. The normalized spacial score (nSPS) is 30.5. The van der Waals surface area contributed by atoms with E-state index in [-0.39, 0.29) is 18.4 Å². The fraction of sp³-hybridized carbons (Fsp3) is 0.438. The molecule has 2 fully saturated rings. The zero-order valence-corrected chi connectivity index (χ0v) is 12.5. The van der Waals surface area contributed by atoms with Crippen LogP contribution in [0.2, 0.25) is 0 Å². The number of nitrogens with zero attached hydrogens (tertiary/aromatic N) is 1. The summed E-state index contributed by atoms with van der Waals surface area (Å²) in [6, 6.07) is 8.79. The molecule has 0 aromatic heterocycles. The third-order valence-corrected chi connectivity index (χ3v) is 4.45. The standard InChI is InChI=1S/C16H18N2O4/c1-3-22-15(21)16(2)12-11(9-17-16)13(19)18(14(12)20)10-7-5-4-6-8-10/h4-8,11-12,17H,3,9H2,1-2H3/t11?,12?,16-/m1/s1. The summed E-state index contributed by atoms with van der Waals surface area (Å²) in [4.78, 5) is 38.8. The maximum atomic E-state index is 12.8. The van der Waals surface area contributed by atoms with Crippen molar-refractivity contribution in [2.75, 3.05) is 18.1 Å². The monoisotopic (exact) mass is 302 g/mol. The molecule has 2 heterocycles. The molecule has 2 saturated heterocycles. The second-order valence-corrected chi connectivity index (χ2v) is 5.74. The van der Waals surface area contributed by atoms with Crippen molar-refractivity contribution in [2.24, 2.45) is 11.8 Å². The number of esters is 1. The predicted molar refractivity (Wildman–Crippen MR) is 79.0 cm³/mol. The highest BCUT2D eigenvalue weighted by molar-refractivity contribution is 6.24. The van der Waals surface area contributed by atoms with E-state index in [1.807, 2.05) is 6.07 Å². The number of hydrogen-bond donors (Lipinski definition) is 1. The van der Waals surface area contributed by atoms with Crippen molar-refractivity contribution in [3.8, 4) is 0 Å². The number of anilines is 1. The number of rotatable bonds is 3. The first-order valence-corrected chi connectivity index (χ1v) is 7.35. The zero-order valence-electron chi connectivity index (χ0n) is 12.5. The van der Waals surface area contributed by atoms with Gasteiger partial charge < -0.3 is 10.1 Å². The van der Waals surface area contributed by atoms with E-state index in [0.717, 1.165) is 0 Å². The second kappa shape index (κ2) is 5.21. The van der Waals surface area contributed by atoms with E-state index in [9.17, 15) is 14.4 Å². The van der Waals surface area contributed by atoms with Gasteiger partial charge >= 0.3 is 5.97 Å². The van der Waals surface area contributed by atoms with Crippen molar-refractivity contribution in [1.29, 1.82) is 0 Å². The summed E-state index contributed by atoms with van der Waals surface area (Å²) in [5.41, 5.74) is -0.616. The quantitative estimate of drug-likeness (QED) is 0.657. The smallest absolute Gasteiger partial charge is 0.326 e. The summed E-state index contributed by atoms with van der Waals surface area (Å²) in [7, 11) is 0. The van der Waals surface area contributed by atoms with Gasteiger partial charge in [0.05, 0.1) is 24.1 Å². The number of para-hydroxylation sites is 1. The molecular formula is C16H18N2O4. The number of nitrogens with one attached hydrogen (secondary N) is 1. The van der Waals surface area contributed by atoms with E-state index >= 15 is 0 Å². The van der Waals surface area contributed by atoms with Gasteiger partial charge in [0.15, 0.2) is 0 Å². The van der Waals surface area contributed by atoms with Crippen molar-refractivity contribution >= 4 is 23.5 Å². The number of ether oxygens (including phenoxy) is 1. The Morgan fingerprint density at radius 1 is 1.32 bits per heavy atom. The van der Waals surface area contributed by atoms with Crippen molar-refractivity contribution in [2.45, 2.75) is 19.4 Å². The molecule has 6 heteroatoms. The van der Waals surface area contributed by atoms with Gasteiger partial charge in [-0.25, -0.2) is 4.90 Å². The Kier molecular flexibility index (Phi) is 3.48. The lowest BCUT2D eigenvalue weighted by atomic mass is 9.83. The van der Waals surface area contributed by atoms with E-state index in [2.05, 4.69) is 5.32 Å². The highest BCUT2D eigenvalue weighted by Crippen LogP contribution is 2.41. The first kappa shape index (κ1) is 14.7. The molecule has 3 rings (SSSR count). The molecule has 1 N–H and O–H groups in total. The number of carbonyl (C=O) groups is 3. The van der Waals surface area contributed by atoms with Gasteiger partial charge in [0.1, 0.15) is 5.54 Å². The first-order valence-electron chi connectivity index (χ1n) is 7.35. The number of hydrogen-bond acceptors (Lipinski definition) is 5. The average molecular weight is 302 g/mol. The van der Waals surface area contributed by atoms with E-state index in [1.54, 1.807) is 38.1 Å². The Hall–Kier alpha value is -2.21. The minimum absolute atomic E-state index is 0.234. The maximum absolute atomic E-state index is 12.8. The van der Waals surface area contributed by atoms with Gasteiger partial charge in [0.2, 0.25) is 11.8 Å². The Bertz CT molecular complexity index is 630. The minimum atomic E-state index is -1.16. The predicted octanol–water partition coefficient (Wildman–Crippen LogP) is 0.717. The van der Waals surface area contributed by atoms with E-state index in [4.69, 9.17) is 4.74 Å². The molecule has 0 radical (unpaired) electrons. The van der Waals surface area contributed by atoms with Crippen molar-refractivity contribution in [3.05, 3.63) is 30.3 Å². The van der Waals surface area contributed by atoms with Crippen molar-refractivity contribution in [1.82, 2.24) is 5.32 Å². The molecule has 0 bridgehead atoms. The first-order chi connectivity index (χ1) is 10.5. The topological polar surface area (TPSA) is 75.7 Å². The SMILES string of the molecule is CCOC(=O)[C@]1(C)NCC2C(=O)N(c3ccccc3)C(=O)C21. The summed E-state index contributed by atoms with van der Waals surface area (Å²) in [5, 5.41) is 3.01. The van der Waals surface area contributed by atoms with Gasteiger partial charge in [-0.3, -0.25) is 14.4 Å². The van der Waals surface area contributed by atoms with Crippen molar-refractivity contribution < 1.29 is 19.1 Å². The van der Waals surface area contributed by atoms with Gasteiger partial charge in [0.25, 0.3) is 0 Å². The Morgan fingerprint density at radius 3 is 2.64 bits per heavy atom. The van der Waals surface area contributed by atoms with E-state index in [1.165, 1.54) is 4.90 Å². The van der Waals surface area contributed by atoms with Crippen LogP contribution in [0.1, 0.15) is 13.8 Å². The molecule has 0 saturated carbocycles. The van der Waals surface area contributed by atoms with E-state index in [0.29, 0.717) is 12.2 Å². The molecule has 2 unspecified atom stereocenters. The number of fused-ring (bicyclic) bond motifs is 1. The lowest BCUT2D eigenvalue weighted by Crippen LogP contribution is -2.53. The molecule has 2 amide bonds. The van der Waals surface area contributed by atoms with Gasteiger partial charge in [-0.05, 0) is 26.0 Å². The van der Waals surface area contributed by atoms with Crippen LogP contribution >= 0.6 is 0 Å². The molecule has 2 aliphatic heterocycles. The Balaban J connectivity index is 1.96. The number of carbonyl (C=O) groups excluding carboxylic acids is 3. The molecule has 6 nitrogen and oxygen atoms in total. The number of amides is 2. The molecule has 2 aliphatic rings. The van der Waals surface area contributed by atoms with Crippen LogP contribution in [0.5, 0.6) is 0 Å². The zero-order chi connectivity index (χ0) is 15.9. The van der Waals surface area contributed by atoms with Crippen LogP contribution in [0.15, 0.2) is 30.3 Å². The minimum Gasteiger partial charge on any atom is -0.465 e. The molecule has 1 aromatic rings. The molecule has 116 valence electrons. The van der Waals surface area contributed by atoms with Gasteiger partial charge in [-0.1, -0.05) is 18.2 Å². The fourth-order valence-corrected chi connectivity index (χ4v) is 3.33. The maximum Gasteiger partial charge on any atom is 0.326 e. The summed E-state index contributed by atoms with van der Waals surface area (Å²) in [6.45, 7) is 3.88. The van der Waals surface area contributed by atoms with Crippen LogP contribution < -0.4 is 10.2 Å². The van der Waals surface area contributed by atoms with Crippen LogP contribution in [0, 0.1) is 11.8 Å². The molecule has 3 atom stereocenters. The lowest BCUT2D eigenvalue weighted by Gasteiger charge is -2.27. The highest BCUT2D eigenvalue weighted by atomic mass is 16.5. The number of imide groups is 1. The van der Waals surface area contributed by atoms with Crippen LogP contribution in [0.25, 0.3) is 0 Å². The van der Waals surface area contributed by atoms with Crippen LogP contribution in [-0.2, 0) is 19.1 Å². The van der Waals surface area contributed by atoms with Gasteiger partial charge in [-0.15, -0.1) is 0 Å². The fourth-order valence-electron chi connectivity index (χ4n) is 3.33. The summed E-state index contributed by atoms with van der Waals surface area (Å²) >= 11 is 0. The Labute approximate surface area is 128 Å². The van der Waals surface area contributed by atoms with Gasteiger partial charge in [-0.2, -0.15) is 0 Å². The van der Waals surface area contributed by atoms with Crippen LogP contribution in [0.3, 0.4) is 0 Å². The van der Waals surface area contributed by atoms with Crippen molar-refractivity contribution in [3.63, 3.8) is 0 Å². The second-order valence-electron chi connectivity index (χ2n) is 5.74. The largest absolute Gasteiger partial charge is 0.465 e. The molecule has 1 aromatic carbocycles. The summed E-state index contributed by atoms with van der Waals surface area (Å²) in [5.74, 6) is -2.34.